The topological polar surface area (TPSA) is 145 Å². The molecule has 1 fully saturated rings. The lowest BCUT2D eigenvalue weighted by Gasteiger charge is -2.27. The Morgan fingerprint density at radius 2 is 1.95 bits per heavy atom. The molecule has 2 aromatic carbocycles. The summed E-state index contributed by atoms with van der Waals surface area (Å²) in [4.78, 5) is 33.2. The molecular formula is C31H37N5O5S. The lowest BCUT2D eigenvalue weighted by Crippen LogP contribution is -2.40. The number of ketones is 1. The number of nitrogens with one attached hydrogen (secondary N) is 3. The molecule has 3 aromatic rings. The molecule has 11 heteroatoms. The fourth-order valence-corrected chi connectivity index (χ4v) is 6.45. The van der Waals surface area contributed by atoms with Crippen molar-refractivity contribution in [1.29, 1.82) is 5.41 Å². The Labute approximate surface area is 246 Å². The molecular weight excluding hydrogens is 554 g/mol. The molecule has 222 valence electrons. The number of aromatic amines is 1. The maximum atomic E-state index is 13.9. The lowest BCUT2D eigenvalue weighted by molar-refractivity contribution is -0.116. The highest BCUT2D eigenvalue weighted by Gasteiger charge is 2.32. The van der Waals surface area contributed by atoms with Crippen LogP contribution in [0.25, 0.3) is 17.5 Å². The van der Waals surface area contributed by atoms with Crippen molar-refractivity contribution in [1.82, 2.24) is 14.3 Å². The molecule has 1 aliphatic heterocycles. The third-order valence-electron chi connectivity index (χ3n) is 7.18. The lowest BCUT2D eigenvalue weighted by atomic mass is 10.0. The Balaban J connectivity index is 1.76. The first-order chi connectivity index (χ1) is 20.1. The number of benzene rings is 2. The molecule has 0 bridgehead atoms. The average Bonchev–Trinajstić information content (AvgIpc) is 2.98. The number of ether oxygens (including phenoxy) is 1. The van der Waals surface area contributed by atoms with Gasteiger partial charge in [0.25, 0.3) is 5.56 Å². The summed E-state index contributed by atoms with van der Waals surface area (Å²) in [7, 11) is -0.842. The number of hydrogen-bond donors (Lipinski definition) is 3. The number of Topliss-reactive ketones (excluding diaryl/α,β-unsaturated/α-hetero) is 1. The van der Waals surface area contributed by atoms with Crippen molar-refractivity contribution in [2.75, 3.05) is 32.6 Å². The van der Waals surface area contributed by atoms with Crippen LogP contribution in [0.4, 0.5) is 5.69 Å². The molecule has 1 aromatic heterocycles. The van der Waals surface area contributed by atoms with Gasteiger partial charge in [0.2, 0.25) is 10.0 Å². The summed E-state index contributed by atoms with van der Waals surface area (Å²) in [5, 5.41) is 11.3. The Kier molecular flexibility index (Phi) is 9.74. The molecule has 3 N–H and O–H groups in total. The van der Waals surface area contributed by atoms with Gasteiger partial charge in [0, 0.05) is 37.7 Å². The van der Waals surface area contributed by atoms with Crippen molar-refractivity contribution in [2.45, 2.75) is 50.8 Å². The van der Waals surface area contributed by atoms with Gasteiger partial charge in [0.15, 0.2) is 5.78 Å². The van der Waals surface area contributed by atoms with Crippen LogP contribution in [-0.4, -0.2) is 61.4 Å². The van der Waals surface area contributed by atoms with Gasteiger partial charge in [-0.2, -0.15) is 4.31 Å². The van der Waals surface area contributed by atoms with E-state index in [9.17, 15) is 18.0 Å². The normalized spacial score (nSPS) is 15.1. The molecule has 0 radical (unpaired) electrons. The Bertz CT molecular complexity index is 1690. The first kappa shape index (κ1) is 30.9. The first-order valence-electron chi connectivity index (χ1n) is 14.0. The number of anilines is 1. The zero-order valence-electron chi connectivity index (χ0n) is 24.4. The zero-order chi connectivity index (χ0) is 30.4. The van der Waals surface area contributed by atoms with E-state index in [1.807, 2.05) is 26.0 Å². The van der Waals surface area contributed by atoms with E-state index in [1.54, 1.807) is 44.5 Å². The van der Waals surface area contributed by atoms with Crippen LogP contribution in [0.3, 0.4) is 0 Å². The maximum Gasteiger partial charge on any atom is 0.275 e. The van der Waals surface area contributed by atoms with Crippen LogP contribution in [0.1, 0.15) is 56.4 Å². The van der Waals surface area contributed by atoms with Crippen LogP contribution >= 0.6 is 0 Å². The smallest absolute Gasteiger partial charge is 0.275 e. The fourth-order valence-electron chi connectivity index (χ4n) is 5.00. The number of hydrogen-bond acceptors (Lipinski definition) is 8. The minimum atomic E-state index is -4.00. The predicted molar refractivity (Wildman–Crippen MR) is 165 cm³/mol. The highest BCUT2D eigenvalue weighted by atomic mass is 32.2. The average molecular weight is 592 g/mol. The molecule has 0 unspecified atom stereocenters. The van der Waals surface area contributed by atoms with Crippen LogP contribution in [0.15, 0.2) is 57.7 Å². The number of aryl methyl sites for hydroxylation is 1. The number of carbonyl (C=O) groups is 1. The Morgan fingerprint density at radius 1 is 1.17 bits per heavy atom. The molecule has 1 saturated heterocycles. The van der Waals surface area contributed by atoms with E-state index in [1.165, 1.54) is 10.4 Å². The highest BCUT2D eigenvalue weighted by Crippen LogP contribution is 2.30. The summed E-state index contributed by atoms with van der Waals surface area (Å²) in [5.74, 6) is 0.749. The summed E-state index contributed by atoms with van der Waals surface area (Å²) in [6, 6.07) is 12.1. The van der Waals surface area contributed by atoms with Gasteiger partial charge in [-0.05, 0) is 54.3 Å². The molecule has 0 atom stereocenters. The number of H-pyrrole nitrogens is 1. The largest absolute Gasteiger partial charge is 0.497 e. The van der Waals surface area contributed by atoms with E-state index < -0.39 is 15.6 Å². The van der Waals surface area contributed by atoms with Crippen molar-refractivity contribution in [3.05, 3.63) is 75.2 Å². The summed E-state index contributed by atoms with van der Waals surface area (Å²) in [6.45, 7) is 3.96. The quantitative estimate of drug-likeness (QED) is 0.217. The number of methoxy groups -OCH3 is 1. The van der Waals surface area contributed by atoms with E-state index in [0.717, 1.165) is 17.5 Å². The van der Waals surface area contributed by atoms with E-state index >= 15 is 0 Å². The van der Waals surface area contributed by atoms with Crippen molar-refractivity contribution in [3.63, 3.8) is 0 Å². The van der Waals surface area contributed by atoms with Crippen molar-refractivity contribution in [3.8, 4) is 17.1 Å². The molecule has 10 nitrogen and oxygen atoms in total. The van der Waals surface area contributed by atoms with Gasteiger partial charge in [-0.3, -0.25) is 9.59 Å². The second kappa shape index (κ2) is 13.3. The van der Waals surface area contributed by atoms with Gasteiger partial charge in [-0.1, -0.05) is 44.9 Å². The minimum absolute atomic E-state index is 0.0398. The third kappa shape index (κ3) is 6.52. The summed E-state index contributed by atoms with van der Waals surface area (Å²) < 4.78 is 34.4. The molecule has 2 heterocycles. The number of nitrogens with zero attached hydrogens (tertiary/aromatic N) is 2. The zero-order valence-corrected chi connectivity index (χ0v) is 25.2. The summed E-state index contributed by atoms with van der Waals surface area (Å²) in [6.07, 6.45) is 4.36. The second-order valence-corrected chi connectivity index (χ2v) is 12.1. The van der Waals surface area contributed by atoms with Crippen molar-refractivity contribution in [2.24, 2.45) is 0 Å². The second-order valence-electron chi connectivity index (χ2n) is 10.1. The van der Waals surface area contributed by atoms with Crippen LogP contribution in [0.2, 0.25) is 0 Å². The van der Waals surface area contributed by atoms with Crippen molar-refractivity contribution < 1.29 is 17.9 Å². The van der Waals surface area contributed by atoms with Gasteiger partial charge >= 0.3 is 0 Å². The first-order valence-corrected chi connectivity index (χ1v) is 15.5. The number of piperidine rings is 1. The van der Waals surface area contributed by atoms with Crippen molar-refractivity contribution >= 4 is 33.3 Å². The van der Waals surface area contributed by atoms with Crippen LogP contribution in [0.5, 0.6) is 5.75 Å². The SMILES string of the molecule is CCCC(=N)c1nc(-c2cc(S(=O)(=O)N3CCC(=O)/C(=C/c4cccc(OC)c4)C3)ccc2CCC)[nH]c(=O)c1NC. The Hall–Kier alpha value is -4.09. The summed E-state index contributed by atoms with van der Waals surface area (Å²) in [5.41, 5.74) is 2.70. The monoisotopic (exact) mass is 591 g/mol. The molecule has 1 aliphatic rings. The van der Waals surface area contributed by atoms with Gasteiger partial charge in [-0.25, -0.2) is 13.4 Å². The highest BCUT2D eigenvalue weighted by molar-refractivity contribution is 7.89. The number of carbonyl (C=O) groups excluding carboxylic acids is 1. The molecule has 4 rings (SSSR count). The van der Waals surface area contributed by atoms with Crippen LogP contribution in [-0.2, 0) is 21.2 Å². The van der Waals surface area contributed by atoms with Gasteiger partial charge in [0.1, 0.15) is 23.0 Å². The molecule has 0 aliphatic carbocycles. The number of rotatable bonds is 11. The maximum absolute atomic E-state index is 13.9. The van der Waals surface area contributed by atoms with E-state index in [2.05, 4.69) is 15.3 Å². The number of sulfonamides is 1. The van der Waals surface area contributed by atoms with Gasteiger partial charge in [-0.15, -0.1) is 0 Å². The van der Waals surface area contributed by atoms with Crippen LogP contribution < -0.4 is 15.6 Å². The molecule has 42 heavy (non-hydrogen) atoms. The minimum Gasteiger partial charge on any atom is -0.497 e. The third-order valence-corrected chi connectivity index (χ3v) is 9.02. The van der Waals surface area contributed by atoms with Crippen LogP contribution in [0, 0.1) is 5.41 Å². The molecule has 0 saturated carbocycles. The van der Waals surface area contributed by atoms with E-state index in [4.69, 9.17) is 10.1 Å². The number of aromatic nitrogens is 2. The standard InChI is InChI=1S/C31H37N5O5S/c1-5-8-21-12-13-24(18-25(21)30-34-28(26(32)9-6-2)29(33-3)31(38)35-30)42(39,40)36-15-14-27(37)22(19-36)16-20-10-7-11-23(17-20)41-4/h7,10-13,16-18,32-33H,5-6,8-9,14-15,19H2,1-4H3,(H,34,35,38)/b22-16+,32-26?. The summed E-state index contributed by atoms with van der Waals surface area (Å²) >= 11 is 0. The van der Waals surface area contributed by atoms with E-state index in [-0.39, 0.29) is 53.1 Å². The fraction of sp³-hybridized carbons (Fsp3) is 0.355. The van der Waals surface area contributed by atoms with Gasteiger partial charge in [0.05, 0.1) is 17.7 Å². The molecule has 0 spiro atoms. The van der Waals surface area contributed by atoms with Gasteiger partial charge < -0.3 is 20.4 Å². The molecule has 0 amide bonds. The van der Waals surface area contributed by atoms with E-state index in [0.29, 0.717) is 36.1 Å². The Morgan fingerprint density at radius 3 is 2.64 bits per heavy atom. The predicted octanol–water partition coefficient (Wildman–Crippen LogP) is 4.65.